The van der Waals surface area contributed by atoms with Gasteiger partial charge in [-0.05, 0) is 30.7 Å². The van der Waals surface area contributed by atoms with Crippen LogP contribution in [0.5, 0.6) is 0 Å². The van der Waals surface area contributed by atoms with Crippen molar-refractivity contribution in [2.45, 2.75) is 6.92 Å². The number of rotatable bonds is 3. The molecular formula is C11H10Cl2N4O2. The molecule has 0 aliphatic heterocycles. The van der Waals surface area contributed by atoms with E-state index >= 15 is 0 Å². The lowest BCUT2D eigenvalue weighted by Crippen LogP contribution is -2.35. The maximum absolute atomic E-state index is 11.0. The molecule has 0 bridgehead atoms. The molecule has 8 heteroatoms. The summed E-state index contributed by atoms with van der Waals surface area (Å²) in [6.45, 7) is 1.94. The number of para-hydroxylation sites is 1. The van der Waals surface area contributed by atoms with Crippen LogP contribution in [0, 0.1) is 0 Å². The van der Waals surface area contributed by atoms with Crippen molar-refractivity contribution in [2.75, 3.05) is 12.0 Å². The van der Waals surface area contributed by atoms with Gasteiger partial charge in [-0.15, -0.1) is 0 Å². The maximum Gasteiger partial charge on any atom is 0.426 e. The molecular weight excluding hydrogens is 291 g/mol. The van der Waals surface area contributed by atoms with Crippen LogP contribution in [-0.4, -0.2) is 32.7 Å². The predicted molar refractivity (Wildman–Crippen MR) is 73.6 cm³/mol. The van der Waals surface area contributed by atoms with E-state index in [0.717, 1.165) is 5.01 Å². The Labute approximate surface area is 118 Å². The van der Waals surface area contributed by atoms with Gasteiger partial charge in [0.25, 0.3) is 0 Å². The largest absolute Gasteiger partial charge is 0.464 e. The molecule has 0 fully saturated rings. The quantitative estimate of drug-likeness (QED) is 0.672. The normalized spacial score (nSPS) is 10.5. The Morgan fingerprint density at radius 2 is 2.16 bits per heavy atom. The highest BCUT2D eigenvalue weighted by atomic mass is 35.5. The van der Waals surface area contributed by atoms with Crippen molar-refractivity contribution in [1.29, 1.82) is 0 Å². The third-order valence-electron chi connectivity index (χ3n) is 2.44. The smallest absolute Gasteiger partial charge is 0.426 e. The zero-order valence-electron chi connectivity index (χ0n) is 9.89. The molecule has 2 N–H and O–H groups in total. The van der Waals surface area contributed by atoms with E-state index in [-0.39, 0.29) is 11.8 Å². The van der Waals surface area contributed by atoms with Crippen LogP contribution in [0.3, 0.4) is 0 Å². The lowest BCUT2D eigenvalue weighted by atomic mass is 10.2. The van der Waals surface area contributed by atoms with Crippen molar-refractivity contribution >= 4 is 46.0 Å². The molecule has 0 spiro atoms. The van der Waals surface area contributed by atoms with Crippen LogP contribution in [0.1, 0.15) is 6.92 Å². The Balaban J connectivity index is 2.53. The highest BCUT2D eigenvalue weighted by Gasteiger charge is 2.14. The number of aromatic nitrogens is 2. The second-order valence-electron chi connectivity index (χ2n) is 3.62. The average Bonchev–Trinajstić information content (AvgIpc) is 2.36. The highest BCUT2D eigenvalue weighted by Crippen LogP contribution is 2.27. The van der Waals surface area contributed by atoms with E-state index in [1.807, 2.05) is 0 Å². The van der Waals surface area contributed by atoms with E-state index < -0.39 is 6.09 Å². The summed E-state index contributed by atoms with van der Waals surface area (Å²) >= 11 is 11.8. The van der Waals surface area contributed by atoms with Crippen LogP contribution in [0.25, 0.3) is 10.9 Å². The summed E-state index contributed by atoms with van der Waals surface area (Å²) in [6.07, 6.45) is -1.12. The fourth-order valence-corrected chi connectivity index (χ4v) is 1.95. The van der Waals surface area contributed by atoms with Crippen LogP contribution in [0.4, 0.5) is 10.6 Å². The molecule has 2 rings (SSSR count). The average molecular weight is 301 g/mol. The minimum atomic E-state index is -1.12. The van der Waals surface area contributed by atoms with Crippen LogP contribution < -0.4 is 5.43 Å². The molecule has 1 aromatic carbocycles. The zero-order chi connectivity index (χ0) is 14.0. The van der Waals surface area contributed by atoms with Crippen LogP contribution in [-0.2, 0) is 0 Å². The third-order valence-corrected chi connectivity index (χ3v) is 2.91. The summed E-state index contributed by atoms with van der Waals surface area (Å²) in [4.78, 5) is 19.0. The van der Waals surface area contributed by atoms with Gasteiger partial charge >= 0.3 is 6.09 Å². The van der Waals surface area contributed by atoms with Crippen molar-refractivity contribution in [2.24, 2.45) is 0 Å². The summed E-state index contributed by atoms with van der Waals surface area (Å²) in [6, 6.07) is 5.13. The number of hydrogen-bond donors (Lipinski definition) is 2. The first-order chi connectivity index (χ1) is 9.02. The van der Waals surface area contributed by atoms with Gasteiger partial charge in [-0.3, -0.25) is 5.43 Å². The van der Waals surface area contributed by atoms with E-state index in [1.54, 1.807) is 25.1 Å². The minimum Gasteiger partial charge on any atom is -0.464 e. The molecule has 0 saturated carbocycles. The Morgan fingerprint density at radius 1 is 1.42 bits per heavy atom. The van der Waals surface area contributed by atoms with Gasteiger partial charge in [0.15, 0.2) is 5.82 Å². The van der Waals surface area contributed by atoms with Gasteiger partial charge < -0.3 is 5.11 Å². The molecule has 19 heavy (non-hydrogen) atoms. The molecule has 0 radical (unpaired) electrons. The van der Waals surface area contributed by atoms with Gasteiger partial charge in [0.1, 0.15) is 0 Å². The molecule has 100 valence electrons. The first-order valence-corrected chi connectivity index (χ1v) is 6.17. The molecule has 1 aromatic heterocycles. The molecule has 0 aliphatic carbocycles. The van der Waals surface area contributed by atoms with Gasteiger partial charge in [-0.2, -0.15) is 4.98 Å². The topological polar surface area (TPSA) is 78.3 Å². The van der Waals surface area contributed by atoms with Crippen molar-refractivity contribution in [1.82, 2.24) is 15.0 Å². The predicted octanol–water partition coefficient (Wildman–Crippen LogP) is 3.26. The lowest BCUT2D eigenvalue weighted by Gasteiger charge is -2.19. The van der Waals surface area contributed by atoms with Gasteiger partial charge in [0, 0.05) is 11.9 Å². The van der Waals surface area contributed by atoms with E-state index in [9.17, 15) is 4.79 Å². The molecule has 0 unspecified atom stereocenters. The van der Waals surface area contributed by atoms with Gasteiger partial charge in [0.05, 0.1) is 10.5 Å². The van der Waals surface area contributed by atoms with E-state index in [2.05, 4.69) is 15.4 Å². The number of nitrogens with zero attached hydrogens (tertiary/aromatic N) is 3. The SMILES string of the molecule is CCN(Nc1nc(Cl)nc2c(Cl)cccc12)C(=O)O. The summed E-state index contributed by atoms with van der Waals surface area (Å²) in [5.74, 6) is 0.293. The molecule has 2 aromatic rings. The van der Waals surface area contributed by atoms with Crippen molar-refractivity contribution in [3.05, 3.63) is 28.5 Å². The summed E-state index contributed by atoms with van der Waals surface area (Å²) in [5, 5.41) is 11.0. The Hall–Kier alpha value is -1.79. The molecule has 1 heterocycles. The number of anilines is 1. The number of hydrazine groups is 1. The zero-order valence-corrected chi connectivity index (χ0v) is 11.4. The fraction of sp³-hybridized carbons (Fsp3) is 0.182. The molecule has 0 atom stereocenters. The summed E-state index contributed by atoms with van der Waals surface area (Å²) in [5.41, 5.74) is 3.14. The Kier molecular flexibility index (Phi) is 3.92. The van der Waals surface area contributed by atoms with Crippen LogP contribution >= 0.6 is 23.2 Å². The fourth-order valence-electron chi connectivity index (χ4n) is 1.56. The van der Waals surface area contributed by atoms with Crippen molar-refractivity contribution in [3.8, 4) is 0 Å². The van der Waals surface area contributed by atoms with Crippen molar-refractivity contribution in [3.63, 3.8) is 0 Å². The molecule has 6 nitrogen and oxygen atoms in total. The second-order valence-corrected chi connectivity index (χ2v) is 4.36. The molecule has 0 saturated heterocycles. The van der Waals surface area contributed by atoms with Crippen molar-refractivity contribution < 1.29 is 9.90 Å². The van der Waals surface area contributed by atoms with Gasteiger partial charge in [-0.1, -0.05) is 17.7 Å². The van der Waals surface area contributed by atoms with Gasteiger partial charge in [-0.25, -0.2) is 14.8 Å². The van der Waals surface area contributed by atoms with E-state index in [4.69, 9.17) is 28.3 Å². The number of carbonyl (C=O) groups is 1. The first kappa shape index (κ1) is 13.6. The minimum absolute atomic E-state index is 0.00968. The van der Waals surface area contributed by atoms with E-state index in [1.165, 1.54) is 0 Å². The lowest BCUT2D eigenvalue weighted by molar-refractivity contribution is 0.157. The molecule has 1 amide bonds. The number of amides is 1. The standard InChI is InChI=1S/C11H10Cl2N4O2/c1-2-17(11(18)19)16-9-6-4-3-5-7(12)8(6)14-10(13)15-9/h3-5H,2H2,1H3,(H,18,19)(H,14,15,16). The third kappa shape index (κ3) is 2.80. The van der Waals surface area contributed by atoms with Crippen LogP contribution in [0.15, 0.2) is 18.2 Å². The number of hydrogen-bond acceptors (Lipinski definition) is 4. The van der Waals surface area contributed by atoms with E-state index in [0.29, 0.717) is 21.7 Å². The maximum atomic E-state index is 11.0. The number of nitrogens with one attached hydrogen (secondary N) is 1. The summed E-state index contributed by atoms with van der Waals surface area (Å²) in [7, 11) is 0. The number of halogens is 2. The highest BCUT2D eigenvalue weighted by molar-refractivity contribution is 6.36. The Morgan fingerprint density at radius 3 is 2.79 bits per heavy atom. The number of carboxylic acid groups (broad SMARTS) is 1. The first-order valence-electron chi connectivity index (χ1n) is 5.41. The number of benzene rings is 1. The number of fused-ring (bicyclic) bond motifs is 1. The molecule has 0 aliphatic rings. The second kappa shape index (κ2) is 5.46. The van der Waals surface area contributed by atoms with Gasteiger partial charge in [0.2, 0.25) is 5.28 Å². The van der Waals surface area contributed by atoms with Crippen LogP contribution in [0.2, 0.25) is 10.3 Å². The monoisotopic (exact) mass is 300 g/mol. The summed E-state index contributed by atoms with van der Waals surface area (Å²) < 4.78 is 0. The Bertz CT molecular complexity index is 635.